The van der Waals surface area contributed by atoms with E-state index in [1.807, 2.05) is 18.2 Å². The highest BCUT2D eigenvalue weighted by atomic mass is 16.3. The molecule has 2 aromatic heterocycles. The van der Waals surface area contributed by atoms with E-state index in [9.17, 15) is 5.11 Å². The van der Waals surface area contributed by atoms with Gasteiger partial charge in [-0.2, -0.15) is 4.80 Å². The third kappa shape index (κ3) is 3.60. The number of pyridine rings is 1. The number of hydrogen-bond donors (Lipinski definition) is 1. The van der Waals surface area contributed by atoms with Crippen LogP contribution in [0.15, 0.2) is 24.4 Å². The number of aromatic nitrogens is 5. The maximum Gasteiger partial charge on any atom is 0.177 e. The fourth-order valence-corrected chi connectivity index (χ4v) is 1.58. The highest BCUT2D eigenvalue weighted by Crippen LogP contribution is 2.05. The number of nitrogens with zero attached hydrogens (tertiary/aromatic N) is 5. The Morgan fingerprint density at radius 3 is 2.94 bits per heavy atom. The summed E-state index contributed by atoms with van der Waals surface area (Å²) in [5.41, 5.74) is 0.985. The van der Waals surface area contributed by atoms with E-state index in [2.05, 4.69) is 20.4 Å². The number of aliphatic hydroxyl groups excluding tert-OH is 1. The average Bonchev–Trinajstić information content (AvgIpc) is 2.73. The van der Waals surface area contributed by atoms with E-state index in [1.54, 1.807) is 13.2 Å². The van der Waals surface area contributed by atoms with Crippen LogP contribution in [0.1, 0.15) is 17.9 Å². The third-order valence-corrected chi connectivity index (χ3v) is 2.43. The average molecular weight is 233 g/mol. The molecule has 0 bridgehead atoms. The summed E-state index contributed by atoms with van der Waals surface area (Å²) in [5, 5.41) is 21.4. The maximum atomic E-state index is 9.83. The van der Waals surface area contributed by atoms with Crippen molar-refractivity contribution >= 4 is 0 Å². The van der Waals surface area contributed by atoms with Gasteiger partial charge in [0, 0.05) is 18.3 Å². The summed E-state index contributed by atoms with van der Waals surface area (Å²) < 4.78 is 0. The Balaban J connectivity index is 1.80. The molecule has 0 aliphatic carbocycles. The molecule has 0 fully saturated rings. The second-order valence-electron chi connectivity index (χ2n) is 3.91. The highest BCUT2D eigenvalue weighted by Gasteiger charge is 2.10. The topological polar surface area (TPSA) is 76.7 Å². The zero-order valence-corrected chi connectivity index (χ0v) is 9.69. The molecule has 0 radical (unpaired) electrons. The molecule has 1 atom stereocenters. The molecule has 90 valence electrons. The predicted octanol–water partition coefficient (Wildman–Crippen LogP) is 0.141. The van der Waals surface area contributed by atoms with Crippen LogP contribution >= 0.6 is 0 Å². The predicted molar refractivity (Wildman–Crippen MR) is 61.1 cm³/mol. The lowest BCUT2D eigenvalue weighted by Crippen LogP contribution is -2.13. The van der Waals surface area contributed by atoms with Crippen molar-refractivity contribution in [3.63, 3.8) is 0 Å². The standard InChI is InChI=1S/C11H15N5O/c1-16-14-11(13-15-16)8-10(17)6-5-9-4-2-3-7-12-9/h2-4,7,10,17H,5-6,8H2,1H3. The van der Waals surface area contributed by atoms with Gasteiger partial charge in [-0.3, -0.25) is 4.98 Å². The van der Waals surface area contributed by atoms with Crippen molar-refractivity contribution in [2.24, 2.45) is 7.05 Å². The van der Waals surface area contributed by atoms with Crippen molar-refractivity contribution < 1.29 is 5.11 Å². The molecule has 0 amide bonds. The van der Waals surface area contributed by atoms with Crippen LogP contribution in [0, 0.1) is 0 Å². The largest absolute Gasteiger partial charge is 0.393 e. The van der Waals surface area contributed by atoms with Gasteiger partial charge in [-0.15, -0.1) is 10.2 Å². The molecular formula is C11H15N5O. The van der Waals surface area contributed by atoms with Gasteiger partial charge < -0.3 is 5.11 Å². The van der Waals surface area contributed by atoms with Gasteiger partial charge in [0.05, 0.1) is 13.2 Å². The van der Waals surface area contributed by atoms with Crippen LogP contribution in [0.3, 0.4) is 0 Å². The molecule has 0 aromatic carbocycles. The van der Waals surface area contributed by atoms with Gasteiger partial charge in [-0.25, -0.2) is 0 Å². The van der Waals surface area contributed by atoms with E-state index in [-0.39, 0.29) is 0 Å². The van der Waals surface area contributed by atoms with Gasteiger partial charge in [0.1, 0.15) is 0 Å². The normalized spacial score (nSPS) is 12.6. The molecule has 2 rings (SSSR count). The van der Waals surface area contributed by atoms with Crippen molar-refractivity contribution in [1.82, 2.24) is 25.2 Å². The summed E-state index contributed by atoms with van der Waals surface area (Å²) in [7, 11) is 1.71. The van der Waals surface area contributed by atoms with Crippen molar-refractivity contribution in [2.75, 3.05) is 0 Å². The molecule has 0 spiro atoms. The van der Waals surface area contributed by atoms with Gasteiger partial charge in [-0.1, -0.05) is 6.07 Å². The van der Waals surface area contributed by atoms with Crippen LogP contribution in [0.4, 0.5) is 0 Å². The fraction of sp³-hybridized carbons (Fsp3) is 0.455. The molecule has 0 saturated carbocycles. The first-order chi connectivity index (χ1) is 8.24. The maximum absolute atomic E-state index is 9.83. The van der Waals surface area contributed by atoms with Crippen LogP contribution in [0.2, 0.25) is 0 Å². The van der Waals surface area contributed by atoms with E-state index < -0.39 is 6.10 Å². The minimum atomic E-state index is -0.457. The molecular weight excluding hydrogens is 218 g/mol. The Hall–Kier alpha value is -1.82. The van der Waals surface area contributed by atoms with Crippen LogP contribution in [0.5, 0.6) is 0 Å². The number of hydrogen-bond acceptors (Lipinski definition) is 5. The zero-order chi connectivity index (χ0) is 12.1. The smallest absolute Gasteiger partial charge is 0.177 e. The van der Waals surface area contributed by atoms with E-state index in [0.717, 1.165) is 12.1 Å². The van der Waals surface area contributed by atoms with Gasteiger partial charge in [0.2, 0.25) is 0 Å². The summed E-state index contributed by atoms with van der Waals surface area (Å²) in [6.07, 6.45) is 3.13. The van der Waals surface area contributed by atoms with Crippen LogP contribution in [-0.2, 0) is 19.9 Å². The molecule has 1 N–H and O–H groups in total. The number of aryl methyl sites for hydroxylation is 2. The lowest BCUT2D eigenvalue weighted by Gasteiger charge is -2.07. The summed E-state index contributed by atoms with van der Waals surface area (Å²) in [5.74, 6) is 0.570. The third-order valence-electron chi connectivity index (χ3n) is 2.43. The molecule has 0 aliphatic rings. The van der Waals surface area contributed by atoms with E-state index in [0.29, 0.717) is 18.7 Å². The number of aliphatic hydroxyl groups is 1. The molecule has 2 aromatic rings. The first kappa shape index (κ1) is 11.7. The molecule has 0 saturated heterocycles. The number of tetrazole rings is 1. The summed E-state index contributed by atoms with van der Waals surface area (Å²) >= 11 is 0. The Morgan fingerprint density at radius 1 is 1.41 bits per heavy atom. The SMILES string of the molecule is Cn1nnc(CC(O)CCc2ccccn2)n1. The van der Waals surface area contributed by atoms with Crippen molar-refractivity contribution in [3.8, 4) is 0 Å². The molecule has 1 unspecified atom stereocenters. The first-order valence-electron chi connectivity index (χ1n) is 5.55. The van der Waals surface area contributed by atoms with Crippen molar-refractivity contribution in [3.05, 3.63) is 35.9 Å². The summed E-state index contributed by atoms with van der Waals surface area (Å²) in [6.45, 7) is 0. The lowest BCUT2D eigenvalue weighted by molar-refractivity contribution is 0.162. The fourth-order valence-electron chi connectivity index (χ4n) is 1.58. The van der Waals surface area contributed by atoms with E-state index >= 15 is 0 Å². The van der Waals surface area contributed by atoms with Crippen molar-refractivity contribution in [2.45, 2.75) is 25.4 Å². The van der Waals surface area contributed by atoms with E-state index in [4.69, 9.17) is 0 Å². The Labute approximate surface area is 99.3 Å². The first-order valence-corrected chi connectivity index (χ1v) is 5.55. The van der Waals surface area contributed by atoms with Gasteiger partial charge in [-0.05, 0) is 30.2 Å². The van der Waals surface area contributed by atoms with Crippen molar-refractivity contribution in [1.29, 1.82) is 0 Å². The second kappa shape index (κ2) is 5.49. The minimum absolute atomic E-state index is 0.431. The Morgan fingerprint density at radius 2 is 2.29 bits per heavy atom. The van der Waals surface area contributed by atoms with E-state index in [1.165, 1.54) is 4.80 Å². The number of rotatable bonds is 5. The summed E-state index contributed by atoms with van der Waals surface area (Å²) in [4.78, 5) is 5.59. The summed E-state index contributed by atoms with van der Waals surface area (Å²) in [6, 6.07) is 5.77. The lowest BCUT2D eigenvalue weighted by atomic mass is 10.1. The van der Waals surface area contributed by atoms with Crippen LogP contribution in [0.25, 0.3) is 0 Å². The molecule has 0 aliphatic heterocycles. The van der Waals surface area contributed by atoms with Crippen LogP contribution < -0.4 is 0 Å². The molecule has 2 heterocycles. The molecule has 17 heavy (non-hydrogen) atoms. The Kier molecular flexibility index (Phi) is 3.77. The minimum Gasteiger partial charge on any atom is -0.393 e. The monoisotopic (exact) mass is 233 g/mol. The zero-order valence-electron chi connectivity index (χ0n) is 9.69. The Bertz CT molecular complexity index is 456. The molecule has 6 nitrogen and oxygen atoms in total. The highest BCUT2D eigenvalue weighted by molar-refractivity contribution is 5.03. The van der Waals surface area contributed by atoms with Crippen LogP contribution in [-0.4, -0.2) is 36.4 Å². The van der Waals surface area contributed by atoms with Gasteiger partial charge >= 0.3 is 0 Å². The van der Waals surface area contributed by atoms with Gasteiger partial charge in [0.25, 0.3) is 0 Å². The molecule has 6 heteroatoms. The quantitative estimate of drug-likeness (QED) is 0.795. The van der Waals surface area contributed by atoms with Gasteiger partial charge in [0.15, 0.2) is 5.82 Å². The second-order valence-corrected chi connectivity index (χ2v) is 3.91.